The lowest BCUT2D eigenvalue weighted by atomic mass is 10.1. The van der Waals surface area contributed by atoms with E-state index in [1.807, 2.05) is 0 Å². The van der Waals surface area contributed by atoms with Crippen LogP contribution in [0.15, 0.2) is 76.5 Å². The molecule has 3 aromatic carbocycles. The van der Waals surface area contributed by atoms with Gasteiger partial charge in [0, 0.05) is 12.1 Å². The standard InChI is InChI=1S/C21H15FN2O4S/c22-15-8-5-13(6-9-15)12-23-20(25)14-7-10-19-17(11-14)24-21(26)16-3-1-2-4-18(16)29(19,27)28/h1-11H,12H2,(H,23,25)(H,24,26). The largest absolute Gasteiger partial charge is 0.348 e. The summed E-state index contributed by atoms with van der Waals surface area (Å²) in [7, 11) is -3.92. The summed E-state index contributed by atoms with van der Waals surface area (Å²) in [5.41, 5.74) is 0.986. The molecule has 0 bridgehead atoms. The summed E-state index contributed by atoms with van der Waals surface area (Å²) in [6.45, 7) is 0.173. The van der Waals surface area contributed by atoms with Gasteiger partial charge in [-0.15, -0.1) is 0 Å². The van der Waals surface area contributed by atoms with Gasteiger partial charge < -0.3 is 10.6 Å². The van der Waals surface area contributed by atoms with Crippen LogP contribution in [0.25, 0.3) is 0 Å². The van der Waals surface area contributed by atoms with Crippen LogP contribution < -0.4 is 10.6 Å². The number of nitrogens with one attached hydrogen (secondary N) is 2. The van der Waals surface area contributed by atoms with Crippen LogP contribution in [0.1, 0.15) is 26.3 Å². The molecule has 0 spiro atoms. The van der Waals surface area contributed by atoms with Crippen LogP contribution in [0.3, 0.4) is 0 Å². The van der Waals surface area contributed by atoms with E-state index in [0.29, 0.717) is 5.56 Å². The summed E-state index contributed by atoms with van der Waals surface area (Å²) in [5.74, 6) is -1.39. The molecule has 0 fully saturated rings. The summed E-state index contributed by atoms with van der Waals surface area (Å²) in [6.07, 6.45) is 0. The molecule has 29 heavy (non-hydrogen) atoms. The zero-order valence-corrected chi connectivity index (χ0v) is 15.8. The van der Waals surface area contributed by atoms with Crippen LogP contribution in [-0.2, 0) is 16.4 Å². The second-order valence-electron chi connectivity index (χ2n) is 6.47. The van der Waals surface area contributed by atoms with Crippen molar-refractivity contribution in [2.24, 2.45) is 0 Å². The maximum Gasteiger partial charge on any atom is 0.257 e. The highest BCUT2D eigenvalue weighted by Crippen LogP contribution is 2.34. The highest BCUT2D eigenvalue weighted by Gasteiger charge is 2.31. The molecule has 0 aromatic heterocycles. The molecule has 3 aromatic rings. The number of sulfone groups is 1. The SMILES string of the molecule is O=C(NCc1ccc(F)cc1)c1ccc2c(c1)NC(=O)c1ccccc1S2(=O)=O. The van der Waals surface area contributed by atoms with Gasteiger partial charge in [0.1, 0.15) is 5.82 Å². The quantitative estimate of drug-likeness (QED) is 0.694. The average Bonchev–Trinajstić information content (AvgIpc) is 2.80. The molecule has 0 saturated carbocycles. The van der Waals surface area contributed by atoms with E-state index in [9.17, 15) is 22.4 Å². The first-order valence-electron chi connectivity index (χ1n) is 8.68. The second kappa shape index (κ2) is 7.14. The Kier molecular flexibility index (Phi) is 4.63. The van der Waals surface area contributed by atoms with Crippen molar-refractivity contribution in [2.45, 2.75) is 16.3 Å². The molecule has 0 saturated heterocycles. The van der Waals surface area contributed by atoms with Gasteiger partial charge in [-0.3, -0.25) is 9.59 Å². The van der Waals surface area contributed by atoms with E-state index in [1.165, 1.54) is 42.5 Å². The molecule has 4 rings (SSSR count). The van der Waals surface area contributed by atoms with Gasteiger partial charge in [0.15, 0.2) is 0 Å². The molecule has 0 aliphatic carbocycles. The van der Waals surface area contributed by atoms with Crippen LogP contribution in [0.4, 0.5) is 10.1 Å². The molecule has 1 heterocycles. The van der Waals surface area contributed by atoms with Gasteiger partial charge in [-0.1, -0.05) is 24.3 Å². The summed E-state index contributed by atoms with van der Waals surface area (Å²) in [6, 6.07) is 15.7. The average molecular weight is 410 g/mol. The van der Waals surface area contributed by atoms with Crippen LogP contribution in [0.2, 0.25) is 0 Å². The Morgan fingerprint density at radius 2 is 1.69 bits per heavy atom. The van der Waals surface area contributed by atoms with E-state index in [0.717, 1.165) is 0 Å². The molecule has 0 unspecified atom stereocenters. The van der Waals surface area contributed by atoms with Crippen LogP contribution >= 0.6 is 0 Å². The second-order valence-corrected chi connectivity index (χ2v) is 8.36. The summed E-state index contributed by atoms with van der Waals surface area (Å²) in [5, 5.41) is 5.25. The number of amides is 2. The monoisotopic (exact) mass is 410 g/mol. The van der Waals surface area contributed by atoms with E-state index in [1.54, 1.807) is 24.3 Å². The first-order valence-corrected chi connectivity index (χ1v) is 10.2. The number of rotatable bonds is 3. The van der Waals surface area contributed by atoms with Crippen molar-refractivity contribution in [1.29, 1.82) is 0 Å². The van der Waals surface area contributed by atoms with Gasteiger partial charge in [-0.2, -0.15) is 0 Å². The number of hydrogen-bond donors (Lipinski definition) is 2. The molecule has 2 N–H and O–H groups in total. The Bertz CT molecular complexity index is 1240. The maximum atomic E-state index is 13.0. The van der Waals surface area contributed by atoms with Crippen molar-refractivity contribution in [3.05, 3.63) is 89.2 Å². The minimum atomic E-state index is -3.92. The normalized spacial score (nSPS) is 14.2. The zero-order chi connectivity index (χ0) is 20.6. The molecule has 8 heteroatoms. The number of benzene rings is 3. The Hall–Kier alpha value is -3.52. The third kappa shape index (κ3) is 3.50. The lowest BCUT2D eigenvalue weighted by Gasteiger charge is -2.10. The Morgan fingerprint density at radius 1 is 0.966 bits per heavy atom. The van der Waals surface area contributed by atoms with Gasteiger partial charge in [0.2, 0.25) is 9.84 Å². The maximum absolute atomic E-state index is 13.0. The Morgan fingerprint density at radius 3 is 2.45 bits per heavy atom. The van der Waals surface area contributed by atoms with E-state index in [4.69, 9.17) is 0 Å². The summed E-state index contributed by atoms with van der Waals surface area (Å²) >= 11 is 0. The van der Waals surface area contributed by atoms with Crippen molar-refractivity contribution >= 4 is 27.3 Å². The van der Waals surface area contributed by atoms with Crippen molar-refractivity contribution in [3.63, 3.8) is 0 Å². The minimum absolute atomic E-state index is 0.0423. The summed E-state index contributed by atoms with van der Waals surface area (Å²) in [4.78, 5) is 24.8. The van der Waals surface area contributed by atoms with Gasteiger partial charge in [0.05, 0.1) is 21.0 Å². The van der Waals surface area contributed by atoms with Crippen LogP contribution in [-0.4, -0.2) is 20.2 Å². The molecule has 0 atom stereocenters. The first kappa shape index (κ1) is 18.8. The number of anilines is 1. The molecule has 1 aliphatic heterocycles. The van der Waals surface area contributed by atoms with E-state index >= 15 is 0 Å². The molecular formula is C21H15FN2O4S. The zero-order valence-electron chi connectivity index (χ0n) is 15.0. The van der Waals surface area contributed by atoms with Crippen molar-refractivity contribution < 1.29 is 22.4 Å². The fourth-order valence-corrected chi connectivity index (χ4v) is 4.68. The lowest BCUT2D eigenvalue weighted by Crippen LogP contribution is -2.23. The van der Waals surface area contributed by atoms with E-state index in [2.05, 4.69) is 10.6 Å². The third-order valence-corrected chi connectivity index (χ3v) is 6.44. The third-order valence-electron chi connectivity index (χ3n) is 4.57. The van der Waals surface area contributed by atoms with Crippen molar-refractivity contribution in [2.75, 3.05) is 5.32 Å². The fourth-order valence-electron chi connectivity index (χ4n) is 3.09. The molecule has 1 aliphatic rings. The predicted molar refractivity (Wildman–Crippen MR) is 104 cm³/mol. The van der Waals surface area contributed by atoms with Crippen LogP contribution in [0, 0.1) is 5.82 Å². The molecule has 2 amide bonds. The van der Waals surface area contributed by atoms with Crippen molar-refractivity contribution in [1.82, 2.24) is 5.32 Å². The van der Waals surface area contributed by atoms with Crippen molar-refractivity contribution in [3.8, 4) is 0 Å². The number of hydrogen-bond acceptors (Lipinski definition) is 4. The fraction of sp³-hybridized carbons (Fsp3) is 0.0476. The van der Waals surface area contributed by atoms with Crippen LogP contribution in [0.5, 0.6) is 0 Å². The lowest BCUT2D eigenvalue weighted by molar-refractivity contribution is 0.0949. The van der Waals surface area contributed by atoms with Gasteiger partial charge in [0.25, 0.3) is 11.8 Å². The minimum Gasteiger partial charge on any atom is -0.348 e. The van der Waals surface area contributed by atoms with E-state index < -0.39 is 21.7 Å². The topological polar surface area (TPSA) is 92.3 Å². The molecule has 0 radical (unpaired) electrons. The molecular weight excluding hydrogens is 395 g/mol. The van der Waals surface area contributed by atoms with Gasteiger partial charge in [-0.05, 0) is 48.0 Å². The summed E-state index contributed by atoms with van der Waals surface area (Å²) < 4.78 is 38.9. The first-order chi connectivity index (χ1) is 13.9. The van der Waals surface area contributed by atoms with Gasteiger partial charge in [-0.25, -0.2) is 12.8 Å². The predicted octanol–water partition coefficient (Wildman–Crippen LogP) is 3.15. The number of carbonyl (C=O) groups is 2. The number of fused-ring (bicyclic) bond motifs is 2. The van der Waals surface area contributed by atoms with Gasteiger partial charge >= 0.3 is 0 Å². The highest BCUT2D eigenvalue weighted by molar-refractivity contribution is 7.91. The molecule has 6 nitrogen and oxygen atoms in total. The Labute approximate surface area is 166 Å². The Balaban J connectivity index is 1.64. The number of halogens is 1. The molecule has 146 valence electrons. The highest BCUT2D eigenvalue weighted by atomic mass is 32.2. The number of carbonyl (C=O) groups excluding carboxylic acids is 2. The van der Waals surface area contributed by atoms with E-state index in [-0.39, 0.29) is 39.0 Å². The smallest absolute Gasteiger partial charge is 0.257 e.